The molecule has 0 heterocycles. The molecule has 0 aliphatic carbocycles. The molecule has 0 aliphatic rings. The van der Waals surface area contributed by atoms with Gasteiger partial charge in [0.1, 0.15) is 5.82 Å². The SMILES string of the molecule is CC(CCl)CS(=O)(=O)Nc1cc(F)ccc1Br. The molecule has 0 saturated heterocycles. The maximum absolute atomic E-state index is 13.0. The molecule has 1 N–H and O–H groups in total. The van der Waals surface area contributed by atoms with E-state index in [1.54, 1.807) is 6.92 Å². The Morgan fingerprint density at radius 3 is 2.76 bits per heavy atom. The molecule has 96 valence electrons. The van der Waals surface area contributed by atoms with Gasteiger partial charge in [0.15, 0.2) is 0 Å². The van der Waals surface area contributed by atoms with Crippen LogP contribution in [0.15, 0.2) is 22.7 Å². The van der Waals surface area contributed by atoms with E-state index in [1.807, 2.05) is 0 Å². The van der Waals surface area contributed by atoms with Gasteiger partial charge in [-0.2, -0.15) is 0 Å². The lowest BCUT2D eigenvalue weighted by Crippen LogP contribution is -2.22. The van der Waals surface area contributed by atoms with Gasteiger partial charge >= 0.3 is 0 Å². The number of rotatable bonds is 5. The topological polar surface area (TPSA) is 46.2 Å². The first-order chi connectivity index (χ1) is 7.84. The third-order valence-corrected chi connectivity index (χ3v) is 4.72. The molecule has 0 aromatic heterocycles. The number of nitrogens with one attached hydrogen (secondary N) is 1. The van der Waals surface area contributed by atoms with E-state index in [0.717, 1.165) is 6.07 Å². The highest BCUT2D eigenvalue weighted by atomic mass is 79.9. The van der Waals surface area contributed by atoms with E-state index < -0.39 is 15.8 Å². The Balaban J connectivity index is 2.86. The summed E-state index contributed by atoms with van der Waals surface area (Å²) < 4.78 is 39.2. The monoisotopic (exact) mass is 343 g/mol. The van der Waals surface area contributed by atoms with Crippen molar-refractivity contribution in [3.63, 3.8) is 0 Å². The normalized spacial score (nSPS) is 13.4. The summed E-state index contributed by atoms with van der Waals surface area (Å²) in [5, 5.41) is 0. The van der Waals surface area contributed by atoms with Crippen LogP contribution >= 0.6 is 27.5 Å². The third-order valence-electron chi connectivity index (χ3n) is 1.96. The van der Waals surface area contributed by atoms with Crippen LogP contribution in [0.3, 0.4) is 0 Å². The van der Waals surface area contributed by atoms with Gasteiger partial charge in [0, 0.05) is 10.4 Å². The number of alkyl halides is 1. The second-order valence-corrected chi connectivity index (χ2v) is 6.70. The van der Waals surface area contributed by atoms with Crippen LogP contribution in [0, 0.1) is 11.7 Å². The highest BCUT2D eigenvalue weighted by Gasteiger charge is 2.16. The fraction of sp³-hybridized carbons (Fsp3) is 0.400. The van der Waals surface area contributed by atoms with Gasteiger partial charge in [-0.25, -0.2) is 12.8 Å². The summed E-state index contributed by atoms with van der Waals surface area (Å²) in [6, 6.07) is 3.80. The quantitative estimate of drug-likeness (QED) is 0.834. The van der Waals surface area contributed by atoms with Crippen LogP contribution in [0.25, 0.3) is 0 Å². The predicted octanol–water partition coefficient (Wildman–Crippen LogP) is 3.20. The highest BCUT2D eigenvalue weighted by molar-refractivity contribution is 9.10. The summed E-state index contributed by atoms with van der Waals surface area (Å²) in [6.45, 7) is 1.73. The van der Waals surface area contributed by atoms with Crippen molar-refractivity contribution in [3.05, 3.63) is 28.5 Å². The van der Waals surface area contributed by atoms with E-state index in [9.17, 15) is 12.8 Å². The summed E-state index contributed by atoms with van der Waals surface area (Å²) in [6.07, 6.45) is 0. The minimum absolute atomic E-state index is 0.0978. The Morgan fingerprint density at radius 2 is 2.18 bits per heavy atom. The first-order valence-corrected chi connectivity index (χ1v) is 7.83. The second kappa shape index (κ2) is 6.02. The first-order valence-electron chi connectivity index (χ1n) is 4.85. The fourth-order valence-electron chi connectivity index (χ4n) is 1.20. The molecule has 0 fully saturated rings. The molecule has 1 unspecified atom stereocenters. The van der Waals surface area contributed by atoms with E-state index in [-0.39, 0.29) is 23.2 Å². The lowest BCUT2D eigenvalue weighted by atomic mass is 10.3. The lowest BCUT2D eigenvalue weighted by Gasteiger charge is -2.12. The van der Waals surface area contributed by atoms with Crippen molar-refractivity contribution in [3.8, 4) is 0 Å². The molecule has 0 radical (unpaired) electrons. The van der Waals surface area contributed by atoms with Crippen molar-refractivity contribution in [2.75, 3.05) is 16.4 Å². The zero-order valence-corrected chi connectivity index (χ0v) is 12.2. The number of anilines is 1. The Labute approximate surface area is 114 Å². The molecule has 1 aromatic rings. The molecule has 0 spiro atoms. The summed E-state index contributed by atoms with van der Waals surface area (Å²) >= 11 is 8.70. The van der Waals surface area contributed by atoms with Crippen molar-refractivity contribution in [2.45, 2.75) is 6.92 Å². The summed E-state index contributed by atoms with van der Waals surface area (Å²) in [5.74, 6) is -0.511. The number of sulfonamides is 1. The molecular formula is C10H12BrClFNO2S. The van der Waals surface area contributed by atoms with Gasteiger partial charge in [-0.1, -0.05) is 6.92 Å². The van der Waals surface area contributed by atoms with Gasteiger partial charge in [0.05, 0.1) is 11.4 Å². The van der Waals surface area contributed by atoms with Crippen molar-refractivity contribution in [2.24, 2.45) is 5.92 Å². The van der Waals surface area contributed by atoms with Crippen molar-refractivity contribution >= 4 is 43.2 Å². The largest absolute Gasteiger partial charge is 0.282 e. The van der Waals surface area contributed by atoms with Crippen LogP contribution < -0.4 is 4.72 Å². The molecule has 1 aromatic carbocycles. The molecule has 0 aliphatic heterocycles. The Kier molecular flexibility index (Phi) is 5.22. The van der Waals surface area contributed by atoms with E-state index >= 15 is 0 Å². The van der Waals surface area contributed by atoms with Crippen LogP contribution in [-0.4, -0.2) is 20.1 Å². The molecule has 0 bridgehead atoms. The summed E-state index contributed by atoms with van der Waals surface area (Å²) in [4.78, 5) is 0. The van der Waals surface area contributed by atoms with E-state index in [2.05, 4.69) is 20.7 Å². The molecule has 1 atom stereocenters. The molecule has 17 heavy (non-hydrogen) atoms. The summed E-state index contributed by atoms with van der Waals surface area (Å²) in [7, 11) is -3.52. The minimum atomic E-state index is -3.52. The van der Waals surface area contributed by atoms with Crippen molar-refractivity contribution in [1.29, 1.82) is 0 Å². The maximum Gasteiger partial charge on any atom is 0.233 e. The molecule has 0 saturated carbocycles. The molecule has 1 rings (SSSR count). The number of benzene rings is 1. The Bertz CT molecular complexity index is 495. The number of hydrogen-bond donors (Lipinski definition) is 1. The van der Waals surface area contributed by atoms with Crippen LogP contribution in [0.4, 0.5) is 10.1 Å². The number of hydrogen-bond acceptors (Lipinski definition) is 2. The van der Waals surface area contributed by atoms with Crippen LogP contribution in [0.1, 0.15) is 6.92 Å². The Morgan fingerprint density at radius 1 is 1.53 bits per heavy atom. The predicted molar refractivity (Wildman–Crippen MR) is 71.4 cm³/mol. The van der Waals surface area contributed by atoms with Gasteiger partial charge < -0.3 is 0 Å². The van der Waals surface area contributed by atoms with Crippen LogP contribution in [-0.2, 0) is 10.0 Å². The maximum atomic E-state index is 13.0. The van der Waals surface area contributed by atoms with E-state index in [4.69, 9.17) is 11.6 Å². The summed E-state index contributed by atoms with van der Waals surface area (Å²) in [5.41, 5.74) is 0.187. The molecule has 0 amide bonds. The first kappa shape index (κ1) is 14.7. The average molecular weight is 345 g/mol. The van der Waals surface area contributed by atoms with Crippen LogP contribution in [0.2, 0.25) is 0 Å². The zero-order valence-electron chi connectivity index (χ0n) is 9.08. The van der Waals surface area contributed by atoms with Gasteiger partial charge in [-0.15, -0.1) is 11.6 Å². The van der Waals surface area contributed by atoms with E-state index in [1.165, 1.54) is 12.1 Å². The van der Waals surface area contributed by atoms with Gasteiger partial charge in [-0.05, 0) is 40.0 Å². The van der Waals surface area contributed by atoms with Crippen LogP contribution in [0.5, 0.6) is 0 Å². The van der Waals surface area contributed by atoms with Gasteiger partial charge in [0.2, 0.25) is 10.0 Å². The average Bonchev–Trinajstić information content (AvgIpc) is 2.22. The smallest absolute Gasteiger partial charge is 0.233 e. The van der Waals surface area contributed by atoms with Crippen molar-refractivity contribution < 1.29 is 12.8 Å². The zero-order chi connectivity index (χ0) is 13.1. The minimum Gasteiger partial charge on any atom is -0.282 e. The molecular weight excluding hydrogens is 333 g/mol. The highest BCUT2D eigenvalue weighted by Crippen LogP contribution is 2.24. The van der Waals surface area contributed by atoms with Gasteiger partial charge in [0.25, 0.3) is 0 Å². The molecule has 3 nitrogen and oxygen atoms in total. The standard InChI is InChI=1S/C10H12BrClFNO2S/c1-7(5-12)6-17(15,16)14-10-4-8(13)2-3-9(10)11/h2-4,7,14H,5-6H2,1H3. The third kappa shape index (κ3) is 4.81. The lowest BCUT2D eigenvalue weighted by molar-refractivity contribution is 0.588. The van der Waals surface area contributed by atoms with Crippen molar-refractivity contribution in [1.82, 2.24) is 0 Å². The van der Waals surface area contributed by atoms with E-state index in [0.29, 0.717) is 4.47 Å². The van der Waals surface area contributed by atoms with Gasteiger partial charge in [-0.3, -0.25) is 4.72 Å². The second-order valence-electron chi connectivity index (χ2n) is 3.77. The Hall–Kier alpha value is -0.330. The molecule has 7 heteroatoms. The number of halogens is 3. The fourth-order valence-corrected chi connectivity index (χ4v) is 3.37.